The molecule has 20 heavy (non-hydrogen) atoms. The average molecular weight is 303 g/mol. The number of benzene rings is 1. The first-order chi connectivity index (χ1) is 9.16. The largest absolute Gasteiger partial charge is 0.416 e. The van der Waals surface area contributed by atoms with E-state index in [0.717, 1.165) is 24.5 Å². The summed E-state index contributed by atoms with van der Waals surface area (Å²) in [4.78, 5) is 0. The highest BCUT2D eigenvalue weighted by Gasteiger charge is 2.31. The molecule has 0 aliphatic heterocycles. The highest BCUT2D eigenvalue weighted by atomic mass is 35.5. The maximum Gasteiger partial charge on any atom is 0.416 e. The molecular formula is C16H18ClF3. The van der Waals surface area contributed by atoms with Gasteiger partial charge in [0.05, 0.1) is 10.9 Å². The zero-order valence-electron chi connectivity index (χ0n) is 11.6. The van der Waals surface area contributed by atoms with Crippen molar-refractivity contribution in [2.45, 2.75) is 44.7 Å². The Morgan fingerprint density at radius 2 is 2.00 bits per heavy atom. The second kappa shape index (κ2) is 5.44. The SMILES string of the molecule is CC1(C)CC(Cc2cccc(C(F)(F)F)c2)=CC(Cl)C1. The Balaban J connectivity index is 2.18. The number of halogens is 4. The van der Waals surface area contributed by atoms with E-state index in [1.807, 2.05) is 6.08 Å². The van der Waals surface area contributed by atoms with Crippen LogP contribution in [-0.2, 0) is 12.6 Å². The van der Waals surface area contributed by atoms with Gasteiger partial charge >= 0.3 is 6.18 Å². The van der Waals surface area contributed by atoms with E-state index < -0.39 is 11.7 Å². The van der Waals surface area contributed by atoms with E-state index in [1.165, 1.54) is 12.1 Å². The van der Waals surface area contributed by atoms with Gasteiger partial charge in [0.2, 0.25) is 0 Å². The molecule has 0 heterocycles. The smallest absolute Gasteiger partial charge is 0.166 e. The third-order valence-electron chi connectivity index (χ3n) is 3.56. The van der Waals surface area contributed by atoms with Crippen molar-refractivity contribution in [1.82, 2.24) is 0 Å². The summed E-state index contributed by atoms with van der Waals surface area (Å²) in [5, 5.41) is -0.0282. The lowest BCUT2D eigenvalue weighted by molar-refractivity contribution is -0.137. The molecular weight excluding hydrogens is 285 g/mol. The standard InChI is InChI=1S/C16H18ClF3/c1-15(2)9-12(8-14(17)10-15)6-11-4-3-5-13(7-11)16(18,19)20/h3-5,7-8,14H,6,9-10H2,1-2H3. The van der Waals surface area contributed by atoms with Crippen molar-refractivity contribution >= 4 is 11.6 Å². The van der Waals surface area contributed by atoms with Crippen molar-refractivity contribution < 1.29 is 13.2 Å². The molecule has 0 fully saturated rings. The Labute approximate surface area is 122 Å². The summed E-state index contributed by atoms with van der Waals surface area (Å²) >= 11 is 6.21. The van der Waals surface area contributed by atoms with Crippen LogP contribution < -0.4 is 0 Å². The Morgan fingerprint density at radius 1 is 1.30 bits per heavy atom. The molecule has 1 aromatic rings. The first-order valence-corrected chi connectivity index (χ1v) is 7.09. The lowest BCUT2D eigenvalue weighted by Crippen LogP contribution is -2.22. The van der Waals surface area contributed by atoms with Gasteiger partial charge in [-0.15, -0.1) is 11.6 Å². The van der Waals surface area contributed by atoms with E-state index >= 15 is 0 Å². The monoisotopic (exact) mass is 302 g/mol. The zero-order valence-corrected chi connectivity index (χ0v) is 12.4. The predicted octanol–water partition coefficient (Wildman–Crippen LogP) is 5.60. The highest BCUT2D eigenvalue weighted by Crippen LogP contribution is 2.38. The number of alkyl halides is 4. The number of hydrogen-bond donors (Lipinski definition) is 0. The van der Waals surface area contributed by atoms with Crippen LogP contribution in [0.2, 0.25) is 0 Å². The molecule has 1 atom stereocenters. The molecule has 0 saturated heterocycles. The minimum absolute atomic E-state index is 0.0282. The lowest BCUT2D eigenvalue weighted by atomic mass is 9.76. The third-order valence-corrected chi connectivity index (χ3v) is 3.84. The van der Waals surface area contributed by atoms with Gasteiger partial charge in [-0.1, -0.05) is 43.7 Å². The number of hydrogen-bond acceptors (Lipinski definition) is 0. The molecule has 110 valence electrons. The summed E-state index contributed by atoms with van der Waals surface area (Å²) in [6.45, 7) is 4.28. The topological polar surface area (TPSA) is 0 Å². The highest BCUT2D eigenvalue weighted by molar-refractivity contribution is 6.21. The van der Waals surface area contributed by atoms with E-state index in [4.69, 9.17) is 11.6 Å². The van der Waals surface area contributed by atoms with E-state index in [2.05, 4.69) is 13.8 Å². The molecule has 1 aliphatic carbocycles. The molecule has 1 unspecified atom stereocenters. The first-order valence-electron chi connectivity index (χ1n) is 6.65. The molecule has 0 nitrogen and oxygen atoms in total. The second-order valence-corrected chi connectivity index (χ2v) is 6.82. The molecule has 0 radical (unpaired) electrons. The van der Waals surface area contributed by atoms with Crippen LogP contribution in [0.1, 0.15) is 37.8 Å². The summed E-state index contributed by atoms with van der Waals surface area (Å²) in [5.74, 6) is 0. The molecule has 4 heteroatoms. The van der Waals surface area contributed by atoms with Gasteiger partial charge in [-0.2, -0.15) is 13.2 Å². The quantitative estimate of drug-likeness (QED) is 0.492. The molecule has 1 aromatic carbocycles. The second-order valence-electron chi connectivity index (χ2n) is 6.26. The van der Waals surface area contributed by atoms with Crippen molar-refractivity contribution in [2.75, 3.05) is 0 Å². The van der Waals surface area contributed by atoms with Gasteiger partial charge in [-0.25, -0.2) is 0 Å². The molecule has 0 spiro atoms. The van der Waals surface area contributed by atoms with Crippen LogP contribution in [0.4, 0.5) is 13.2 Å². The van der Waals surface area contributed by atoms with Gasteiger partial charge in [0.15, 0.2) is 0 Å². The van der Waals surface area contributed by atoms with Crippen molar-refractivity contribution in [3.8, 4) is 0 Å². The van der Waals surface area contributed by atoms with Crippen LogP contribution in [0.3, 0.4) is 0 Å². The fourth-order valence-electron chi connectivity index (χ4n) is 2.83. The molecule has 0 saturated carbocycles. The van der Waals surface area contributed by atoms with Crippen LogP contribution in [-0.4, -0.2) is 5.38 Å². The fraction of sp³-hybridized carbons (Fsp3) is 0.500. The van der Waals surface area contributed by atoms with E-state index in [0.29, 0.717) is 12.0 Å². The van der Waals surface area contributed by atoms with Gasteiger partial charge in [0, 0.05) is 0 Å². The molecule has 2 rings (SSSR count). The Bertz CT molecular complexity index is 515. The Morgan fingerprint density at radius 3 is 2.60 bits per heavy atom. The van der Waals surface area contributed by atoms with E-state index in [1.54, 1.807) is 6.07 Å². The van der Waals surface area contributed by atoms with Crippen LogP contribution >= 0.6 is 11.6 Å². The van der Waals surface area contributed by atoms with Crippen molar-refractivity contribution in [3.05, 3.63) is 47.0 Å². The third kappa shape index (κ3) is 4.02. The van der Waals surface area contributed by atoms with Crippen LogP contribution in [0.5, 0.6) is 0 Å². The van der Waals surface area contributed by atoms with Crippen LogP contribution in [0.25, 0.3) is 0 Å². The maximum atomic E-state index is 12.7. The minimum Gasteiger partial charge on any atom is -0.166 e. The molecule has 1 aliphatic rings. The summed E-state index contributed by atoms with van der Waals surface area (Å²) in [6, 6.07) is 5.53. The van der Waals surface area contributed by atoms with E-state index in [-0.39, 0.29) is 10.8 Å². The summed E-state index contributed by atoms with van der Waals surface area (Å²) < 4.78 is 38.1. The number of rotatable bonds is 2. The van der Waals surface area contributed by atoms with E-state index in [9.17, 15) is 13.2 Å². The minimum atomic E-state index is -4.29. The predicted molar refractivity (Wildman–Crippen MR) is 75.9 cm³/mol. The summed E-state index contributed by atoms with van der Waals surface area (Å²) in [6.07, 6.45) is 0.0298. The maximum absolute atomic E-state index is 12.7. The molecule has 0 amide bonds. The van der Waals surface area contributed by atoms with Gasteiger partial charge in [-0.05, 0) is 36.3 Å². The lowest BCUT2D eigenvalue weighted by Gasteiger charge is -2.32. The normalized spacial score (nSPS) is 22.5. The molecule has 0 N–H and O–H groups in total. The van der Waals surface area contributed by atoms with Crippen molar-refractivity contribution in [3.63, 3.8) is 0 Å². The van der Waals surface area contributed by atoms with Gasteiger partial charge in [0.25, 0.3) is 0 Å². The Kier molecular flexibility index (Phi) is 4.19. The fourth-order valence-corrected chi connectivity index (χ4v) is 3.43. The van der Waals surface area contributed by atoms with Gasteiger partial charge in [-0.3, -0.25) is 0 Å². The van der Waals surface area contributed by atoms with Crippen molar-refractivity contribution in [1.29, 1.82) is 0 Å². The van der Waals surface area contributed by atoms with Crippen molar-refractivity contribution in [2.24, 2.45) is 5.41 Å². The summed E-state index contributed by atoms with van der Waals surface area (Å²) in [5.41, 5.74) is 1.33. The van der Waals surface area contributed by atoms with Crippen LogP contribution in [0.15, 0.2) is 35.9 Å². The number of allylic oxidation sites excluding steroid dienone is 2. The van der Waals surface area contributed by atoms with Gasteiger partial charge in [0.1, 0.15) is 0 Å². The average Bonchev–Trinajstić information content (AvgIpc) is 2.25. The Hall–Kier alpha value is -0.960. The molecule has 0 aromatic heterocycles. The first kappa shape index (κ1) is 15.4. The van der Waals surface area contributed by atoms with Crippen LogP contribution in [0, 0.1) is 5.41 Å². The summed E-state index contributed by atoms with van der Waals surface area (Å²) in [7, 11) is 0. The zero-order chi connectivity index (χ0) is 15.0. The molecule has 0 bridgehead atoms. The van der Waals surface area contributed by atoms with Gasteiger partial charge < -0.3 is 0 Å².